The molecule has 5 nitrogen and oxygen atoms in total. The van der Waals surface area contributed by atoms with Crippen molar-refractivity contribution in [2.45, 2.75) is 62.9 Å². The number of hydrogen-bond acceptors (Lipinski definition) is 4. The van der Waals surface area contributed by atoms with Gasteiger partial charge in [-0.1, -0.05) is 13.8 Å². The van der Waals surface area contributed by atoms with Gasteiger partial charge in [-0.25, -0.2) is 8.42 Å². The fourth-order valence-corrected chi connectivity index (χ4v) is 5.59. The summed E-state index contributed by atoms with van der Waals surface area (Å²) in [5.74, 6) is 0.967. The maximum absolute atomic E-state index is 13.3. The number of nitrogens with zero attached hydrogens (tertiary/aromatic N) is 1. The zero-order valence-corrected chi connectivity index (χ0v) is 15.8. The first-order chi connectivity index (χ1) is 11.3. The standard InChI is InChI=1S/C18H28N2O3S/c1-12(2)16-10-18(13(3)9-17(16)23-4)24(21,22)20-8-7-14-5-6-15(11-20)19-14/h9-10,12,14-15,19H,5-8,11H2,1-4H3. The molecule has 6 heteroatoms. The van der Waals surface area contributed by atoms with Crippen molar-refractivity contribution < 1.29 is 13.2 Å². The normalized spacial score (nSPS) is 25.0. The van der Waals surface area contributed by atoms with Crippen molar-refractivity contribution in [1.82, 2.24) is 9.62 Å². The fraction of sp³-hybridized carbons (Fsp3) is 0.667. The number of rotatable bonds is 4. The Kier molecular flexibility index (Phi) is 4.91. The highest BCUT2D eigenvalue weighted by Gasteiger charge is 2.35. The van der Waals surface area contributed by atoms with Gasteiger partial charge in [0.15, 0.2) is 0 Å². The summed E-state index contributed by atoms with van der Waals surface area (Å²) < 4.78 is 33.6. The van der Waals surface area contributed by atoms with Crippen LogP contribution < -0.4 is 10.1 Å². The fourth-order valence-electron chi connectivity index (χ4n) is 3.85. The molecule has 2 aliphatic heterocycles. The molecule has 2 aliphatic rings. The molecular weight excluding hydrogens is 324 g/mol. The van der Waals surface area contributed by atoms with E-state index in [9.17, 15) is 8.42 Å². The molecule has 134 valence electrons. The van der Waals surface area contributed by atoms with Gasteiger partial charge in [0.05, 0.1) is 12.0 Å². The van der Waals surface area contributed by atoms with E-state index in [2.05, 4.69) is 19.2 Å². The largest absolute Gasteiger partial charge is 0.496 e. The molecule has 1 aromatic carbocycles. The lowest BCUT2D eigenvalue weighted by Gasteiger charge is -2.25. The Bertz CT molecular complexity index is 715. The number of sulfonamides is 1. The van der Waals surface area contributed by atoms with E-state index in [4.69, 9.17) is 4.74 Å². The Hall–Kier alpha value is -1.11. The van der Waals surface area contributed by atoms with Gasteiger partial charge in [-0.05, 0) is 55.4 Å². The van der Waals surface area contributed by atoms with Crippen LogP contribution in [0.4, 0.5) is 0 Å². The smallest absolute Gasteiger partial charge is 0.243 e. The van der Waals surface area contributed by atoms with Crippen LogP contribution >= 0.6 is 0 Å². The van der Waals surface area contributed by atoms with Gasteiger partial charge in [0.1, 0.15) is 5.75 Å². The molecule has 1 N–H and O–H groups in total. The SMILES string of the molecule is COc1cc(C)c(S(=O)(=O)N2CCC3CCC(C2)N3)cc1C(C)C. The lowest BCUT2D eigenvalue weighted by atomic mass is 10.0. The molecule has 0 aliphatic carbocycles. The Morgan fingerprint density at radius 1 is 1.21 bits per heavy atom. The average Bonchev–Trinajstić information content (AvgIpc) is 2.84. The predicted molar refractivity (Wildman–Crippen MR) is 95.1 cm³/mol. The molecule has 0 spiro atoms. The van der Waals surface area contributed by atoms with Gasteiger partial charge in [-0.2, -0.15) is 4.31 Å². The van der Waals surface area contributed by atoms with Crippen LogP contribution in [0.15, 0.2) is 17.0 Å². The molecule has 2 saturated heterocycles. The Morgan fingerprint density at radius 3 is 2.58 bits per heavy atom. The van der Waals surface area contributed by atoms with Crippen molar-refractivity contribution in [3.05, 3.63) is 23.3 Å². The number of fused-ring (bicyclic) bond motifs is 2. The van der Waals surface area contributed by atoms with Gasteiger partial charge in [0, 0.05) is 25.2 Å². The first-order valence-corrected chi connectivity index (χ1v) is 10.2. The maximum Gasteiger partial charge on any atom is 0.243 e. The Labute approximate surface area is 145 Å². The summed E-state index contributed by atoms with van der Waals surface area (Å²) in [7, 11) is -1.85. The molecule has 2 bridgehead atoms. The summed E-state index contributed by atoms with van der Waals surface area (Å²) >= 11 is 0. The van der Waals surface area contributed by atoms with E-state index >= 15 is 0 Å². The minimum Gasteiger partial charge on any atom is -0.496 e. The van der Waals surface area contributed by atoms with Crippen LogP contribution in [-0.2, 0) is 10.0 Å². The third-order valence-corrected chi connectivity index (χ3v) is 7.26. The van der Waals surface area contributed by atoms with Gasteiger partial charge in [-0.15, -0.1) is 0 Å². The third kappa shape index (κ3) is 3.19. The number of benzene rings is 1. The lowest BCUT2D eigenvalue weighted by molar-refractivity contribution is 0.382. The number of nitrogens with one attached hydrogen (secondary N) is 1. The van der Waals surface area contributed by atoms with Crippen molar-refractivity contribution >= 4 is 10.0 Å². The highest BCUT2D eigenvalue weighted by molar-refractivity contribution is 7.89. The quantitative estimate of drug-likeness (QED) is 0.905. The third-order valence-electron chi connectivity index (χ3n) is 5.25. The van der Waals surface area contributed by atoms with Crippen molar-refractivity contribution in [3.63, 3.8) is 0 Å². The molecular formula is C18H28N2O3S. The lowest BCUT2D eigenvalue weighted by Crippen LogP contribution is -2.39. The molecule has 0 amide bonds. The second kappa shape index (κ2) is 6.65. The van der Waals surface area contributed by atoms with Gasteiger partial charge in [0.25, 0.3) is 0 Å². The van der Waals surface area contributed by atoms with Crippen molar-refractivity contribution in [3.8, 4) is 5.75 Å². The van der Waals surface area contributed by atoms with Crippen LogP contribution in [0.2, 0.25) is 0 Å². The van der Waals surface area contributed by atoms with Crippen LogP contribution in [0.5, 0.6) is 5.75 Å². The predicted octanol–water partition coefficient (Wildman–Crippen LogP) is 2.64. The number of aryl methyl sites for hydroxylation is 1. The van der Waals surface area contributed by atoms with E-state index in [1.165, 1.54) is 0 Å². The number of methoxy groups -OCH3 is 1. The van der Waals surface area contributed by atoms with Gasteiger partial charge < -0.3 is 10.1 Å². The molecule has 3 rings (SSSR count). The summed E-state index contributed by atoms with van der Waals surface area (Å²) in [6.07, 6.45) is 3.12. The van der Waals surface area contributed by atoms with E-state index in [0.29, 0.717) is 24.0 Å². The topological polar surface area (TPSA) is 58.6 Å². The Morgan fingerprint density at radius 2 is 1.92 bits per heavy atom. The van der Waals surface area contributed by atoms with Crippen LogP contribution in [0.1, 0.15) is 50.2 Å². The second-order valence-electron chi connectivity index (χ2n) is 7.30. The zero-order valence-electron chi connectivity index (χ0n) is 15.0. The van der Waals surface area contributed by atoms with Crippen LogP contribution in [0.3, 0.4) is 0 Å². The number of ether oxygens (including phenoxy) is 1. The molecule has 2 atom stereocenters. The van der Waals surface area contributed by atoms with Gasteiger partial charge >= 0.3 is 0 Å². The summed E-state index contributed by atoms with van der Waals surface area (Å²) in [5.41, 5.74) is 1.69. The van der Waals surface area contributed by atoms with Gasteiger partial charge in [0.2, 0.25) is 10.0 Å². The number of hydrogen-bond donors (Lipinski definition) is 1. The van der Waals surface area contributed by atoms with Crippen LogP contribution in [0.25, 0.3) is 0 Å². The molecule has 0 saturated carbocycles. The van der Waals surface area contributed by atoms with E-state index in [1.54, 1.807) is 11.4 Å². The summed E-state index contributed by atoms with van der Waals surface area (Å²) in [5, 5.41) is 3.54. The Balaban J connectivity index is 1.98. The van der Waals surface area contributed by atoms with Crippen molar-refractivity contribution in [2.24, 2.45) is 0 Å². The molecule has 24 heavy (non-hydrogen) atoms. The maximum atomic E-state index is 13.3. The van der Waals surface area contributed by atoms with Crippen LogP contribution in [0, 0.1) is 6.92 Å². The highest BCUT2D eigenvalue weighted by Crippen LogP contribution is 2.33. The van der Waals surface area contributed by atoms with E-state index < -0.39 is 10.0 Å². The molecule has 1 aromatic rings. The molecule has 0 radical (unpaired) electrons. The second-order valence-corrected chi connectivity index (χ2v) is 9.21. The molecule has 2 heterocycles. The van der Waals surface area contributed by atoms with Crippen molar-refractivity contribution in [1.29, 1.82) is 0 Å². The molecule has 2 fully saturated rings. The van der Waals surface area contributed by atoms with Crippen molar-refractivity contribution in [2.75, 3.05) is 20.2 Å². The zero-order chi connectivity index (χ0) is 17.5. The van der Waals surface area contributed by atoms with E-state index in [0.717, 1.165) is 36.1 Å². The monoisotopic (exact) mass is 352 g/mol. The summed E-state index contributed by atoms with van der Waals surface area (Å²) in [6, 6.07) is 4.42. The van der Waals surface area contributed by atoms with E-state index in [1.807, 2.05) is 19.1 Å². The summed E-state index contributed by atoms with van der Waals surface area (Å²) in [6.45, 7) is 7.12. The average molecular weight is 353 g/mol. The van der Waals surface area contributed by atoms with Gasteiger partial charge in [-0.3, -0.25) is 0 Å². The highest BCUT2D eigenvalue weighted by atomic mass is 32.2. The van der Waals surface area contributed by atoms with E-state index in [-0.39, 0.29) is 12.0 Å². The summed E-state index contributed by atoms with van der Waals surface area (Å²) in [4.78, 5) is 0.421. The van der Waals surface area contributed by atoms with Crippen LogP contribution in [-0.4, -0.2) is 45.0 Å². The minimum atomic E-state index is -3.48. The first-order valence-electron chi connectivity index (χ1n) is 8.77. The first kappa shape index (κ1) is 17.7. The minimum absolute atomic E-state index is 0.205. The molecule has 0 aromatic heterocycles. The molecule has 2 unspecified atom stereocenters.